The number of nitrogens with one attached hydrogen (secondary N) is 2. The SMILES string of the molecule is CCCn1c(C)cc(/C=C(/C#N)C(=O)NCCNC(=O)Cc2cccc(F)c2)c1C. The molecule has 0 spiro atoms. The maximum absolute atomic E-state index is 13.2. The van der Waals surface area contributed by atoms with Gasteiger partial charge in [0.2, 0.25) is 5.91 Å². The molecule has 0 atom stereocenters. The van der Waals surface area contributed by atoms with Crippen molar-refractivity contribution in [2.75, 3.05) is 13.1 Å². The number of amides is 2. The minimum atomic E-state index is -0.489. The summed E-state index contributed by atoms with van der Waals surface area (Å²) in [4.78, 5) is 24.2. The molecular weight excluding hydrogens is 383 g/mol. The normalized spacial score (nSPS) is 11.1. The van der Waals surface area contributed by atoms with E-state index < -0.39 is 5.91 Å². The van der Waals surface area contributed by atoms with Crippen molar-refractivity contribution in [1.82, 2.24) is 15.2 Å². The van der Waals surface area contributed by atoms with E-state index in [1.54, 1.807) is 18.2 Å². The standard InChI is InChI=1S/C23H27FN4O2/c1-4-10-28-16(2)11-19(17(28)3)14-20(15-25)23(30)27-9-8-26-22(29)13-18-6-5-7-21(24)12-18/h5-7,11-12,14H,4,8-10,13H2,1-3H3,(H,26,29)(H,27,30)/b20-14-. The predicted octanol–water partition coefficient (Wildman–Crippen LogP) is 3.04. The van der Waals surface area contributed by atoms with Crippen LogP contribution in [0.4, 0.5) is 4.39 Å². The average molecular weight is 410 g/mol. The van der Waals surface area contributed by atoms with E-state index >= 15 is 0 Å². The highest BCUT2D eigenvalue weighted by Crippen LogP contribution is 2.18. The van der Waals surface area contributed by atoms with E-state index in [-0.39, 0.29) is 36.8 Å². The summed E-state index contributed by atoms with van der Waals surface area (Å²) in [6.07, 6.45) is 2.64. The number of nitrogens with zero attached hydrogens (tertiary/aromatic N) is 2. The molecule has 2 amide bonds. The first kappa shape index (κ1) is 22.9. The molecule has 2 aromatic rings. The summed E-state index contributed by atoms with van der Waals surface area (Å²) < 4.78 is 15.3. The van der Waals surface area contributed by atoms with Crippen molar-refractivity contribution in [1.29, 1.82) is 5.26 Å². The number of hydrogen-bond donors (Lipinski definition) is 2. The number of halogens is 1. The Hall–Kier alpha value is -3.40. The van der Waals surface area contributed by atoms with Gasteiger partial charge in [0.25, 0.3) is 5.91 Å². The molecule has 0 aliphatic heterocycles. The van der Waals surface area contributed by atoms with Gasteiger partial charge in [0.05, 0.1) is 6.42 Å². The second-order valence-electron chi connectivity index (χ2n) is 7.06. The van der Waals surface area contributed by atoms with Crippen molar-refractivity contribution in [2.45, 2.75) is 40.2 Å². The van der Waals surface area contributed by atoms with E-state index in [1.807, 2.05) is 26.0 Å². The molecule has 1 aromatic heterocycles. The highest BCUT2D eigenvalue weighted by Gasteiger charge is 2.12. The lowest BCUT2D eigenvalue weighted by molar-refractivity contribution is -0.121. The quantitative estimate of drug-likeness (QED) is 0.378. The Labute approximate surface area is 176 Å². The van der Waals surface area contributed by atoms with E-state index in [0.29, 0.717) is 5.56 Å². The van der Waals surface area contributed by atoms with Crippen LogP contribution >= 0.6 is 0 Å². The average Bonchev–Trinajstić information content (AvgIpc) is 2.97. The highest BCUT2D eigenvalue weighted by molar-refractivity contribution is 6.01. The van der Waals surface area contributed by atoms with Crippen LogP contribution in [0.3, 0.4) is 0 Å². The first-order valence-corrected chi connectivity index (χ1v) is 9.93. The Morgan fingerprint density at radius 1 is 1.20 bits per heavy atom. The molecule has 7 heteroatoms. The number of aromatic nitrogens is 1. The maximum atomic E-state index is 13.2. The van der Waals surface area contributed by atoms with Gasteiger partial charge in [0.1, 0.15) is 17.5 Å². The van der Waals surface area contributed by atoms with E-state index in [0.717, 1.165) is 29.9 Å². The predicted molar refractivity (Wildman–Crippen MR) is 114 cm³/mol. The molecule has 0 saturated carbocycles. The largest absolute Gasteiger partial charge is 0.354 e. The fourth-order valence-electron chi connectivity index (χ4n) is 3.21. The Morgan fingerprint density at radius 2 is 1.93 bits per heavy atom. The van der Waals surface area contributed by atoms with E-state index in [1.165, 1.54) is 12.1 Å². The molecule has 0 aliphatic rings. The van der Waals surface area contributed by atoms with Crippen LogP contribution in [0.15, 0.2) is 35.9 Å². The second kappa shape index (κ2) is 11.0. The third-order valence-electron chi connectivity index (χ3n) is 4.71. The number of carbonyl (C=O) groups excluding carboxylic acids is 2. The number of carbonyl (C=O) groups is 2. The topological polar surface area (TPSA) is 86.9 Å². The second-order valence-corrected chi connectivity index (χ2v) is 7.06. The van der Waals surface area contributed by atoms with E-state index in [9.17, 15) is 19.2 Å². The van der Waals surface area contributed by atoms with Gasteiger partial charge >= 0.3 is 0 Å². The van der Waals surface area contributed by atoms with Gasteiger partial charge in [0, 0.05) is 31.0 Å². The van der Waals surface area contributed by atoms with Crippen LogP contribution < -0.4 is 10.6 Å². The lowest BCUT2D eigenvalue weighted by atomic mass is 10.1. The van der Waals surface area contributed by atoms with Crippen molar-refractivity contribution >= 4 is 17.9 Å². The van der Waals surface area contributed by atoms with Gasteiger partial charge < -0.3 is 15.2 Å². The fraction of sp³-hybridized carbons (Fsp3) is 0.348. The lowest BCUT2D eigenvalue weighted by Gasteiger charge is -2.08. The van der Waals surface area contributed by atoms with Gasteiger partial charge in [-0.1, -0.05) is 19.1 Å². The molecule has 2 N–H and O–H groups in total. The number of rotatable bonds is 9. The molecule has 1 heterocycles. The van der Waals surface area contributed by atoms with Gasteiger partial charge in [0.15, 0.2) is 0 Å². The van der Waals surface area contributed by atoms with Gasteiger partial charge in [-0.3, -0.25) is 9.59 Å². The molecule has 0 fully saturated rings. The Balaban J connectivity index is 1.87. The van der Waals surface area contributed by atoms with Crippen molar-refractivity contribution in [2.24, 2.45) is 0 Å². The summed E-state index contributed by atoms with van der Waals surface area (Å²) in [5.74, 6) is -1.15. The molecule has 2 rings (SSSR count). The van der Waals surface area contributed by atoms with Gasteiger partial charge in [-0.05, 0) is 55.7 Å². The van der Waals surface area contributed by atoms with Crippen molar-refractivity contribution in [3.05, 3.63) is 64.2 Å². The van der Waals surface area contributed by atoms with Crippen LogP contribution in [0.2, 0.25) is 0 Å². The molecule has 6 nitrogen and oxygen atoms in total. The van der Waals surface area contributed by atoms with Crippen LogP contribution in [0.25, 0.3) is 6.08 Å². The third-order valence-corrected chi connectivity index (χ3v) is 4.71. The zero-order valence-corrected chi connectivity index (χ0v) is 17.6. The zero-order valence-electron chi connectivity index (χ0n) is 17.6. The first-order chi connectivity index (χ1) is 14.3. The van der Waals surface area contributed by atoms with Crippen LogP contribution in [0, 0.1) is 31.0 Å². The fourth-order valence-corrected chi connectivity index (χ4v) is 3.21. The van der Waals surface area contributed by atoms with Crippen molar-refractivity contribution in [3.8, 4) is 6.07 Å². The smallest absolute Gasteiger partial charge is 0.262 e. The number of nitriles is 1. The van der Waals surface area contributed by atoms with Crippen LogP contribution in [-0.4, -0.2) is 29.5 Å². The summed E-state index contributed by atoms with van der Waals surface area (Å²) in [7, 11) is 0. The van der Waals surface area contributed by atoms with Gasteiger partial charge in [-0.25, -0.2) is 4.39 Å². The van der Waals surface area contributed by atoms with Crippen LogP contribution in [0.5, 0.6) is 0 Å². The molecule has 0 aliphatic carbocycles. The molecule has 30 heavy (non-hydrogen) atoms. The molecule has 0 saturated heterocycles. The summed E-state index contributed by atoms with van der Waals surface area (Å²) in [5, 5.41) is 14.7. The van der Waals surface area contributed by atoms with Crippen molar-refractivity contribution in [3.63, 3.8) is 0 Å². The van der Waals surface area contributed by atoms with Gasteiger partial charge in [-0.15, -0.1) is 0 Å². The molecular formula is C23H27FN4O2. The highest BCUT2D eigenvalue weighted by atomic mass is 19.1. The molecule has 158 valence electrons. The Kier molecular flexibility index (Phi) is 8.36. The van der Waals surface area contributed by atoms with Crippen molar-refractivity contribution < 1.29 is 14.0 Å². The van der Waals surface area contributed by atoms with Gasteiger partial charge in [-0.2, -0.15) is 5.26 Å². The minimum absolute atomic E-state index is 0.0119. The molecule has 0 bridgehead atoms. The summed E-state index contributed by atoms with van der Waals surface area (Å²) in [6.45, 7) is 7.34. The monoisotopic (exact) mass is 410 g/mol. The summed E-state index contributed by atoms with van der Waals surface area (Å²) in [5.41, 5.74) is 3.53. The Morgan fingerprint density at radius 3 is 2.60 bits per heavy atom. The maximum Gasteiger partial charge on any atom is 0.262 e. The molecule has 1 aromatic carbocycles. The molecule has 0 radical (unpaired) electrons. The number of benzene rings is 1. The number of hydrogen-bond acceptors (Lipinski definition) is 3. The molecule has 0 unspecified atom stereocenters. The number of aryl methyl sites for hydroxylation is 1. The van der Waals surface area contributed by atoms with Crippen LogP contribution in [-0.2, 0) is 22.6 Å². The third kappa shape index (κ3) is 6.31. The zero-order chi connectivity index (χ0) is 22.1. The van der Waals surface area contributed by atoms with E-state index in [4.69, 9.17) is 0 Å². The summed E-state index contributed by atoms with van der Waals surface area (Å²) >= 11 is 0. The lowest BCUT2D eigenvalue weighted by Crippen LogP contribution is -2.35. The van der Waals surface area contributed by atoms with Crippen LogP contribution in [0.1, 0.15) is 35.9 Å². The van der Waals surface area contributed by atoms with E-state index in [2.05, 4.69) is 22.1 Å². The summed E-state index contributed by atoms with van der Waals surface area (Å²) in [6, 6.07) is 9.75. The Bertz CT molecular complexity index is 986. The first-order valence-electron chi connectivity index (χ1n) is 9.93. The minimum Gasteiger partial charge on any atom is -0.354 e.